The van der Waals surface area contributed by atoms with Gasteiger partial charge in [-0.05, 0) is 80.4 Å². The largest absolute Gasteiger partial charge is 0.310 e. The molecule has 7 aromatic carbocycles. The van der Waals surface area contributed by atoms with Crippen LogP contribution in [0.5, 0.6) is 0 Å². The quantitative estimate of drug-likeness (QED) is 0.186. The van der Waals surface area contributed by atoms with Crippen molar-refractivity contribution in [2.45, 2.75) is 19.3 Å². The van der Waals surface area contributed by atoms with E-state index in [0.717, 1.165) is 17.1 Å². The maximum absolute atomic E-state index is 2.44. The first-order chi connectivity index (χ1) is 22.6. The van der Waals surface area contributed by atoms with Crippen molar-refractivity contribution in [1.82, 2.24) is 0 Å². The van der Waals surface area contributed by atoms with Crippen molar-refractivity contribution in [3.05, 3.63) is 187 Å². The summed E-state index contributed by atoms with van der Waals surface area (Å²) < 4.78 is 0. The van der Waals surface area contributed by atoms with E-state index in [9.17, 15) is 0 Å². The average Bonchev–Trinajstić information content (AvgIpc) is 3.36. The summed E-state index contributed by atoms with van der Waals surface area (Å²) in [4.78, 5) is 2.44. The lowest BCUT2D eigenvalue weighted by atomic mass is 9.78. The van der Waals surface area contributed by atoms with Gasteiger partial charge in [-0.2, -0.15) is 0 Å². The lowest BCUT2D eigenvalue weighted by molar-refractivity contribution is 0.662. The van der Waals surface area contributed by atoms with Gasteiger partial charge in [0, 0.05) is 22.4 Å². The summed E-state index contributed by atoms with van der Waals surface area (Å²) in [5.74, 6) is 0. The maximum atomic E-state index is 2.44. The third-order valence-electron chi connectivity index (χ3n) is 9.44. The molecule has 0 saturated carbocycles. The highest BCUT2D eigenvalue weighted by atomic mass is 15.1. The van der Waals surface area contributed by atoms with Crippen molar-refractivity contribution < 1.29 is 0 Å². The summed E-state index contributed by atoms with van der Waals surface area (Å²) in [5, 5.41) is 0. The van der Waals surface area contributed by atoms with Crippen molar-refractivity contribution in [3.8, 4) is 44.5 Å². The van der Waals surface area contributed by atoms with Crippen LogP contribution in [0.4, 0.5) is 17.1 Å². The normalized spacial score (nSPS) is 12.7. The first kappa shape index (κ1) is 27.9. The summed E-state index contributed by atoms with van der Waals surface area (Å²) >= 11 is 0. The summed E-state index contributed by atoms with van der Waals surface area (Å²) in [6, 6.07) is 63.8. The van der Waals surface area contributed by atoms with E-state index in [1.54, 1.807) is 0 Å². The van der Waals surface area contributed by atoms with Crippen LogP contribution in [0.15, 0.2) is 176 Å². The highest BCUT2D eigenvalue weighted by molar-refractivity contribution is 5.95. The number of fused-ring (bicyclic) bond motifs is 3. The van der Waals surface area contributed by atoms with E-state index in [2.05, 4.69) is 195 Å². The SMILES string of the molecule is CC1(C)c2ccccc2-c2cc(N(c3ccc(-c4ccccc4)cc3)c3ccccc3-c3ccccc3)cc(-c3ccccc3)c21. The Bertz CT molecular complexity index is 2140. The Morgan fingerprint density at radius 3 is 1.50 bits per heavy atom. The molecule has 1 nitrogen and oxygen atoms in total. The number of nitrogens with zero attached hydrogens (tertiary/aromatic N) is 1. The van der Waals surface area contributed by atoms with Gasteiger partial charge in [-0.25, -0.2) is 0 Å². The van der Waals surface area contributed by atoms with Crippen LogP contribution in [0.1, 0.15) is 25.0 Å². The van der Waals surface area contributed by atoms with Crippen LogP contribution in [0, 0.1) is 0 Å². The molecule has 0 N–H and O–H groups in total. The summed E-state index contributed by atoms with van der Waals surface area (Å²) in [6.07, 6.45) is 0. The smallest absolute Gasteiger partial charge is 0.0540 e. The highest BCUT2D eigenvalue weighted by Crippen LogP contribution is 2.54. The van der Waals surface area contributed by atoms with Gasteiger partial charge in [0.05, 0.1) is 5.69 Å². The van der Waals surface area contributed by atoms with Crippen LogP contribution >= 0.6 is 0 Å². The van der Waals surface area contributed by atoms with Crippen LogP contribution in [0.25, 0.3) is 44.5 Å². The zero-order valence-corrected chi connectivity index (χ0v) is 26.2. The third-order valence-corrected chi connectivity index (χ3v) is 9.44. The zero-order valence-electron chi connectivity index (χ0n) is 26.2. The molecule has 0 unspecified atom stereocenters. The number of hydrogen-bond donors (Lipinski definition) is 0. The third kappa shape index (κ3) is 4.73. The maximum Gasteiger partial charge on any atom is 0.0540 e. The standard InChI is InChI=1S/C45H35N/c1-45(2)42-24-14-12-23-39(42)41-31-37(30-40(44(41)45)35-20-10-5-11-21-35)46(36-28-26-33(27-29-36)32-16-6-3-7-17-32)43-25-15-13-22-38(43)34-18-8-4-9-19-34/h3-31H,1-2H3. The Morgan fingerprint density at radius 1 is 0.370 bits per heavy atom. The van der Waals surface area contributed by atoms with E-state index < -0.39 is 0 Å². The first-order valence-electron chi connectivity index (χ1n) is 16.0. The van der Waals surface area contributed by atoms with E-state index in [0.29, 0.717) is 0 Å². The number of rotatable bonds is 6. The zero-order chi connectivity index (χ0) is 31.1. The van der Waals surface area contributed by atoms with Crippen LogP contribution in [-0.4, -0.2) is 0 Å². The van der Waals surface area contributed by atoms with E-state index in [-0.39, 0.29) is 5.41 Å². The molecule has 0 aliphatic heterocycles. The molecule has 7 aromatic rings. The molecule has 1 heteroatoms. The summed E-state index contributed by atoms with van der Waals surface area (Å²) in [7, 11) is 0. The molecule has 0 saturated heterocycles. The lowest BCUT2D eigenvalue weighted by Gasteiger charge is -2.31. The second-order valence-electron chi connectivity index (χ2n) is 12.6. The van der Waals surface area contributed by atoms with Gasteiger partial charge in [0.2, 0.25) is 0 Å². The van der Waals surface area contributed by atoms with Crippen molar-refractivity contribution in [3.63, 3.8) is 0 Å². The van der Waals surface area contributed by atoms with E-state index in [4.69, 9.17) is 0 Å². The van der Waals surface area contributed by atoms with E-state index >= 15 is 0 Å². The lowest BCUT2D eigenvalue weighted by Crippen LogP contribution is -2.17. The van der Waals surface area contributed by atoms with Gasteiger partial charge >= 0.3 is 0 Å². The fraction of sp³-hybridized carbons (Fsp3) is 0.0667. The van der Waals surface area contributed by atoms with Gasteiger partial charge in [0.25, 0.3) is 0 Å². The Kier molecular flexibility index (Phi) is 6.88. The topological polar surface area (TPSA) is 3.24 Å². The van der Waals surface area contributed by atoms with Gasteiger partial charge in [0.15, 0.2) is 0 Å². The molecule has 0 radical (unpaired) electrons. The fourth-order valence-electron chi connectivity index (χ4n) is 7.28. The molecule has 0 bridgehead atoms. The van der Waals surface area contributed by atoms with Gasteiger partial charge in [0.1, 0.15) is 0 Å². The number of para-hydroxylation sites is 1. The van der Waals surface area contributed by atoms with Crippen molar-refractivity contribution in [1.29, 1.82) is 0 Å². The van der Waals surface area contributed by atoms with Gasteiger partial charge in [-0.3, -0.25) is 0 Å². The predicted molar refractivity (Wildman–Crippen MR) is 195 cm³/mol. The van der Waals surface area contributed by atoms with E-state index in [1.165, 1.54) is 55.6 Å². The van der Waals surface area contributed by atoms with Crippen molar-refractivity contribution in [2.24, 2.45) is 0 Å². The number of benzene rings is 7. The molecule has 46 heavy (non-hydrogen) atoms. The van der Waals surface area contributed by atoms with Crippen LogP contribution in [0.2, 0.25) is 0 Å². The molecular formula is C45H35N. The van der Waals surface area contributed by atoms with Gasteiger partial charge < -0.3 is 4.90 Å². The molecule has 1 aliphatic rings. The second-order valence-corrected chi connectivity index (χ2v) is 12.6. The molecule has 0 atom stereocenters. The van der Waals surface area contributed by atoms with Crippen molar-refractivity contribution in [2.75, 3.05) is 4.90 Å². The van der Waals surface area contributed by atoms with Gasteiger partial charge in [-0.1, -0.05) is 159 Å². The molecule has 0 heterocycles. The molecule has 0 amide bonds. The molecule has 0 spiro atoms. The minimum atomic E-state index is -0.125. The summed E-state index contributed by atoms with van der Waals surface area (Å²) in [5.41, 5.74) is 16.0. The molecule has 220 valence electrons. The van der Waals surface area contributed by atoms with E-state index in [1.807, 2.05) is 0 Å². The minimum absolute atomic E-state index is 0.125. The molecular weight excluding hydrogens is 555 g/mol. The Morgan fingerprint density at radius 2 is 0.848 bits per heavy atom. The first-order valence-corrected chi connectivity index (χ1v) is 16.0. The minimum Gasteiger partial charge on any atom is -0.310 e. The molecule has 0 aromatic heterocycles. The second kappa shape index (κ2) is 11.4. The Hall–Kier alpha value is -5.66. The Labute approximate surface area is 272 Å². The van der Waals surface area contributed by atoms with Crippen LogP contribution < -0.4 is 4.90 Å². The monoisotopic (exact) mass is 589 g/mol. The Balaban J connectivity index is 1.40. The molecule has 1 aliphatic carbocycles. The molecule has 0 fully saturated rings. The summed E-state index contributed by atoms with van der Waals surface area (Å²) in [6.45, 7) is 4.74. The predicted octanol–water partition coefficient (Wildman–Crippen LogP) is 12.5. The number of hydrogen-bond acceptors (Lipinski definition) is 1. The fourth-order valence-corrected chi connectivity index (χ4v) is 7.28. The number of anilines is 3. The van der Waals surface area contributed by atoms with Crippen LogP contribution in [0.3, 0.4) is 0 Å². The average molecular weight is 590 g/mol. The van der Waals surface area contributed by atoms with Crippen LogP contribution in [-0.2, 0) is 5.41 Å². The highest BCUT2D eigenvalue weighted by Gasteiger charge is 2.38. The van der Waals surface area contributed by atoms with Crippen molar-refractivity contribution >= 4 is 17.1 Å². The van der Waals surface area contributed by atoms with Gasteiger partial charge in [-0.15, -0.1) is 0 Å². The molecule has 8 rings (SSSR count).